The molecular weight excluding hydrogens is 417 g/mol. The standard InChI is InChI=1S/C23H28FN3O3S/c1-14(26-31(29)23(2,3)4)18-12-17(24)13-19-20(18)25-21-16(5-8-27(21)22(19)28)11-15-6-9-30-10-7-15/h11-13,15H,5-10H2,1-4H3. The predicted octanol–water partition coefficient (Wildman–Crippen LogP) is 4.02. The van der Waals surface area contributed by atoms with Crippen LogP contribution in [0.5, 0.6) is 0 Å². The Bertz CT molecular complexity index is 1130. The third kappa shape index (κ3) is 4.47. The lowest BCUT2D eigenvalue weighted by Crippen LogP contribution is -2.27. The molecule has 6 nitrogen and oxygen atoms in total. The van der Waals surface area contributed by atoms with Crippen LogP contribution in [0, 0.1) is 11.7 Å². The van der Waals surface area contributed by atoms with Crippen LogP contribution in [-0.2, 0) is 22.6 Å². The van der Waals surface area contributed by atoms with Gasteiger partial charge in [-0.05, 0) is 70.6 Å². The highest BCUT2D eigenvalue weighted by molar-refractivity contribution is 7.91. The Hall–Kier alpha value is -2.03. The summed E-state index contributed by atoms with van der Waals surface area (Å²) in [6.07, 6.45) is 4.87. The maximum atomic E-state index is 14.4. The summed E-state index contributed by atoms with van der Waals surface area (Å²) in [6.45, 7) is 9.20. The number of halogens is 1. The fourth-order valence-electron chi connectivity index (χ4n) is 4.00. The maximum absolute atomic E-state index is 14.4. The first-order chi connectivity index (χ1) is 14.6. The molecule has 31 heavy (non-hydrogen) atoms. The highest BCUT2D eigenvalue weighted by Gasteiger charge is 2.28. The van der Waals surface area contributed by atoms with Gasteiger partial charge in [-0.2, -0.15) is 0 Å². The molecule has 2 aliphatic rings. The van der Waals surface area contributed by atoms with E-state index in [0.717, 1.165) is 38.0 Å². The van der Waals surface area contributed by atoms with E-state index in [2.05, 4.69) is 10.5 Å². The Morgan fingerprint density at radius 1 is 1.35 bits per heavy atom. The number of hydrogen-bond acceptors (Lipinski definition) is 5. The molecule has 0 radical (unpaired) electrons. The van der Waals surface area contributed by atoms with Crippen LogP contribution in [0.2, 0.25) is 0 Å². The lowest BCUT2D eigenvalue weighted by Gasteiger charge is -2.19. The van der Waals surface area contributed by atoms with Crippen molar-refractivity contribution < 1.29 is 13.7 Å². The number of fused-ring (bicyclic) bond motifs is 2. The molecule has 3 heterocycles. The summed E-state index contributed by atoms with van der Waals surface area (Å²) in [6, 6.07) is 2.55. The van der Waals surface area contributed by atoms with Gasteiger partial charge in [-0.3, -0.25) is 9.36 Å². The van der Waals surface area contributed by atoms with E-state index in [9.17, 15) is 13.7 Å². The second-order valence-corrected chi connectivity index (χ2v) is 11.1. The first kappa shape index (κ1) is 22.2. The van der Waals surface area contributed by atoms with Gasteiger partial charge in [0.1, 0.15) is 27.8 Å². The van der Waals surface area contributed by atoms with Crippen LogP contribution < -0.4 is 5.56 Å². The first-order valence-electron chi connectivity index (χ1n) is 10.7. The van der Waals surface area contributed by atoms with Gasteiger partial charge < -0.3 is 9.29 Å². The summed E-state index contributed by atoms with van der Waals surface area (Å²) in [5.41, 5.74) is 2.02. The van der Waals surface area contributed by atoms with E-state index in [1.165, 1.54) is 12.1 Å². The van der Waals surface area contributed by atoms with E-state index in [-0.39, 0.29) is 10.9 Å². The SMILES string of the molecule is CC(=N[S+]([O-])C(C)(C)C)c1cc(F)cc2c(=O)n3c(nc12)C(=CC1CCOCC1)CC3. The molecule has 0 N–H and O–H groups in total. The zero-order chi connectivity index (χ0) is 22.3. The topological polar surface area (TPSA) is 79.5 Å². The van der Waals surface area contributed by atoms with E-state index in [1.54, 1.807) is 11.5 Å². The minimum absolute atomic E-state index is 0.224. The Morgan fingerprint density at radius 3 is 2.74 bits per heavy atom. The van der Waals surface area contributed by atoms with Crippen molar-refractivity contribution in [3.8, 4) is 0 Å². The highest BCUT2D eigenvalue weighted by atomic mass is 32.2. The van der Waals surface area contributed by atoms with Crippen molar-refractivity contribution in [1.29, 1.82) is 0 Å². The number of aromatic nitrogens is 2. The molecule has 1 unspecified atom stereocenters. The number of hydrogen-bond donors (Lipinski definition) is 0. The molecule has 2 aliphatic heterocycles. The zero-order valence-electron chi connectivity index (χ0n) is 18.4. The summed E-state index contributed by atoms with van der Waals surface area (Å²) < 4.78 is 37.8. The molecule has 1 saturated heterocycles. The predicted molar refractivity (Wildman–Crippen MR) is 122 cm³/mol. The van der Waals surface area contributed by atoms with Gasteiger partial charge in [-0.15, -0.1) is 0 Å². The second-order valence-electron chi connectivity index (χ2n) is 9.17. The zero-order valence-corrected chi connectivity index (χ0v) is 19.2. The number of allylic oxidation sites excluding steroid dienone is 2. The van der Waals surface area contributed by atoms with Gasteiger partial charge in [0.15, 0.2) is 0 Å². The van der Waals surface area contributed by atoms with Crippen LogP contribution in [0.4, 0.5) is 4.39 Å². The van der Waals surface area contributed by atoms with Crippen LogP contribution in [0.25, 0.3) is 16.5 Å². The molecule has 166 valence electrons. The van der Waals surface area contributed by atoms with Crippen molar-refractivity contribution in [2.24, 2.45) is 10.3 Å². The Balaban J connectivity index is 1.85. The lowest BCUT2D eigenvalue weighted by molar-refractivity contribution is 0.0786. The monoisotopic (exact) mass is 445 g/mol. The molecule has 0 spiro atoms. The van der Waals surface area contributed by atoms with E-state index in [0.29, 0.717) is 35.1 Å². The smallest absolute Gasteiger partial charge is 0.261 e. The Labute approximate surface area is 184 Å². The molecule has 1 fully saturated rings. The van der Waals surface area contributed by atoms with Crippen molar-refractivity contribution in [1.82, 2.24) is 9.55 Å². The number of benzene rings is 1. The summed E-state index contributed by atoms with van der Waals surface area (Å²) >= 11 is -1.50. The fourth-order valence-corrected chi connectivity index (χ4v) is 4.62. The Kier molecular flexibility index (Phi) is 6.07. The van der Waals surface area contributed by atoms with Gasteiger partial charge in [-0.1, -0.05) is 10.5 Å². The molecule has 2 aromatic rings. The van der Waals surface area contributed by atoms with Crippen LogP contribution in [-0.4, -0.2) is 37.8 Å². The molecule has 8 heteroatoms. The lowest BCUT2D eigenvalue weighted by atomic mass is 9.96. The second kappa shape index (κ2) is 8.48. The van der Waals surface area contributed by atoms with Gasteiger partial charge in [0.05, 0.1) is 16.6 Å². The Morgan fingerprint density at radius 2 is 2.06 bits per heavy atom. The summed E-state index contributed by atoms with van der Waals surface area (Å²) in [5, 5.41) is 0.224. The minimum atomic E-state index is -1.50. The molecule has 0 saturated carbocycles. The van der Waals surface area contributed by atoms with E-state index in [1.807, 2.05) is 20.8 Å². The van der Waals surface area contributed by atoms with Gasteiger partial charge in [-0.25, -0.2) is 9.37 Å². The van der Waals surface area contributed by atoms with Crippen LogP contribution in [0.3, 0.4) is 0 Å². The summed E-state index contributed by atoms with van der Waals surface area (Å²) in [4.78, 5) is 18.0. The van der Waals surface area contributed by atoms with Gasteiger partial charge in [0.2, 0.25) is 0 Å². The quantitative estimate of drug-likeness (QED) is 0.528. The molecular formula is C23H28FN3O3S. The maximum Gasteiger partial charge on any atom is 0.261 e. The number of nitrogens with zero attached hydrogens (tertiary/aromatic N) is 3. The third-order valence-electron chi connectivity index (χ3n) is 5.75. The largest absolute Gasteiger partial charge is 0.591 e. The third-order valence-corrected chi connectivity index (χ3v) is 7.24. The molecule has 0 amide bonds. The highest BCUT2D eigenvalue weighted by Crippen LogP contribution is 2.30. The molecule has 0 aliphatic carbocycles. The van der Waals surface area contributed by atoms with Crippen molar-refractivity contribution in [2.75, 3.05) is 13.2 Å². The average molecular weight is 446 g/mol. The van der Waals surface area contributed by atoms with Gasteiger partial charge in [0, 0.05) is 25.3 Å². The van der Waals surface area contributed by atoms with Gasteiger partial charge in [0.25, 0.3) is 5.56 Å². The van der Waals surface area contributed by atoms with Crippen molar-refractivity contribution in [3.63, 3.8) is 0 Å². The molecule has 1 aromatic heterocycles. The summed E-state index contributed by atoms with van der Waals surface area (Å²) in [7, 11) is 0. The van der Waals surface area contributed by atoms with Crippen molar-refractivity contribution in [3.05, 3.63) is 45.8 Å². The summed E-state index contributed by atoms with van der Waals surface area (Å²) in [5.74, 6) is 0.517. The van der Waals surface area contributed by atoms with Crippen LogP contribution >= 0.6 is 0 Å². The number of rotatable bonds is 3. The van der Waals surface area contributed by atoms with E-state index >= 15 is 0 Å². The van der Waals surface area contributed by atoms with Crippen molar-refractivity contribution in [2.45, 2.75) is 58.2 Å². The van der Waals surface area contributed by atoms with Crippen LogP contribution in [0.1, 0.15) is 58.3 Å². The molecule has 1 atom stereocenters. The van der Waals surface area contributed by atoms with E-state index in [4.69, 9.17) is 9.72 Å². The average Bonchev–Trinajstić information content (AvgIpc) is 3.11. The van der Waals surface area contributed by atoms with E-state index < -0.39 is 21.9 Å². The molecule has 4 rings (SSSR count). The number of ether oxygens (including phenoxy) is 1. The molecule has 0 bridgehead atoms. The van der Waals surface area contributed by atoms with Gasteiger partial charge >= 0.3 is 0 Å². The van der Waals surface area contributed by atoms with Crippen molar-refractivity contribution >= 4 is 33.5 Å². The van der Waals surface area contributed by atoms with Crippen LogP contribution in [0.15, 0.2) is 27.4 Å². The minimum Gasteiger partial charge on any atom is -0.591 e. The first-order valence-corrected chi connectivity index (χ1v) is 11.8. The normalized spacial score (nSPS) is 20.5. The fraction of sp³-hybridized carbons (Fsp3) is 0.522. The molecule has 1 aromatic carbocycles.